The first-order chi connectivity index (χ1) is 4.72. The lowest BCUT2D eigenvalue weighted by Gasteiger charge is -2.01. The molecule has 0 fully saturated rings. The molecule has 0 atom stereocenters. The molecule has 2 nitrogen and oxygen atoms in total. The molecule has 0 bridgehead atoms. The monoisotopic (exact) mass is 140 g/mol. The predicted molar refractivity (Wildman–Crippen MR) is 44.0 cm³/mol. The minimum atomic E-state index is 0.486. The van der Waals surface area contributed by atoms with Crippen LogP contribution in [0.5, 0.6) is 0 Å². The molecular weight excluding hydrogens is 124 g/mol. The molecule has 0 spiro atoms. The van der Waals surface area contributed by atoms with Crippen LogP contribution in [-0.4, -0.2) is 6.54 Å². The molecule has 0 unspecified atom stereocenters. The van der Waals surface area contributed by atoms with Crippen LogP contribution in [0.25, 0.3) is 0 Å². The van der Waals surface area contributed by atoms with Gasteiger partial charge in [0.15, 0.2) is 0 Å². The second-order valence-electron chi connectivity index (χ2n) is 2.43. The topological polar surface area (TPSA) is 24.7 Å². The number of allylic oxidation sites excluding steroid dienone is 2. The van der Waals surface area contributed by atoms with Gasteiger partial charge in [-0.3, -0.25) is 0 Å². The van der Waals surface area contributed by atoms with Crippen LogP contribution < -0.4 is 0 Å². The average molecular weight is 140 g/mol. The molecule has 0 aromatic carbocycles. The Bertz CT molecular complexity index is 134. The van der Waals surface area contributed by atoms with E-state index in [4.69, 9.17) is 0 Å². The summed E-state index contributed by atoms with van der Waals surface area (Å²) >= 11 is 0. The summed E-state index contributed by atoms with van der Waals surface area (Å²) < 4.78 is 0. The summed E-state index contributed by atoms with van der Waals surface area (Å²) in [7, 11) is 0. The highest BCUT2D eigenvalue weighted by molar-refractivity contribution is 4.99. The Hall–Kier alpha value is -0.660. The quantitative estimate of drug-likeness (QED) is 0.538. The van der Waals surface area contributed by atoms with Crippen molar-refractivity contribution in [1.29, 1.82) is 0 Å². The molecule has 0 heterocycles. The maximum Gasteiger partial charge on any atom is 0.0609 e. The summed E-state index contributed by atoms with van der Waals surface area (Å²) in [4.78, 5) is 0. The van der Waals surface area contributed by atoms with Crippen molar-refractivity contribution in [3.05, 3.63) is 11.8 Å². The van der Waals surface area contributed by atoms with Crippen molar-refractivity contribution in [2.24, 2.45) is 16.1 Å². The standard InChI is InChI=1S/C8H16N2/c1-5-8(7(3)4)10-9-6-2/h5,7H,6H2,1-4H3/b8-5-,10-9?. The molecular formula is C8H16N2. The molecule has 2 heteroatoms. The summed E-state index contributed by atoms with van der Waals surface area (Å²) in [6.07, 6.45) is 2.00. The zero-order valence-electron chi connectivity index (χ0n) is 7.26. The van der Waals surface area contributed by atoms with E-state index in [2.05, 4.69) is 24.1 Å². The van der Waals surface area contributed by atoms with Crippen molar-refractivity contribution < 1.29 is 0 Å². The SMILES string of the molecule is C/C=C(\N=NCC)C(C)C. The van der Waals surface area contributed by atoms with Gasteiger partial charge >= 0.3 is 0 Å². The Labute approximate surface area is 63.1 Å². The number of azo groups is 1. The third-order valence-corrected chi connectivity index (χ3v) is 1.21. The molecule has 0 rings (SSSR count). The van der Waals surface area contributed by atoms with E-state index in [1.54, 1.807) is 0 Å². The fourth-order valence-electron chi connectivity index (χ4n) is 0.659. The molecule has 0 amide bonds. The maximum atomic E-state index is 4.05. The molecule has 0 aliphatic rings. The number of hydrogen-bond acceptors (Lipinski definition) is 2. The highest BCUT2D eigenvalue weighted by atomic mass is 15.1. The first kappa shape index (κ1) is 9.34. The molecule has 0 aliphatic heterocycles. The lowest BCUT2D eigenvalue weighted by atomic mass is 10.1. The third kappa shape index (κ3) is 3.38. The summed E-state index contributed by atoms with van der Waals surface area (Å²) in [6, 6.07) is 0. The van der Waals surface area contributed by atoms with Crippen LogP contribution in [0.3, 0.4) is 0 Å². The van der Waals surface area contributed by atoms with Gasteiger partial charge in [-0.1, -0.05) is 19.9 Å². The fourth-order valence-corrected chi connectivity index (χ4v) is 0.659. The summed E-state index contributed by atoms with van der Waals surface area (Å²) in [5.74, 6) is 0.486. The van der Waals surface area contributed by atoms with Gasteiger partial charge in [-0.25, -0.2) is 0 Å². The van der Waals surface area contributed by atoms with Gasteiger partial charge in [-0.05, 0) is 19.8 Å². The Balaban J connectivity index is 3.98. The molecule has 58 valence electrons. The van der Waals surface area contributed by atoms with Crippen LogP contribution in [0, 0.1) is 5.92 Å². The molecule has 0 aliphatic carbocycles. The highest BCUT2D eigenvalue weighted by Gasteiger charge is 1.97. The molecule has 0 saturated heterocycles. The van der Waals surface area contributed by atoms with Gasteiger partial charge in [0.25, 0.3) is 0 Å². The summed E-state index contributed by atoms with van der Waals surface area (Å²) in [6.45, 7) is 8.97. The lowest BCUT2D eigenvalue weighted by molar-refractivity contribution is 0.729. The van der Waals surface area contributed by atoms with E-state index < -0.39 is 0 Å². The summed E-state index contributed by atoms with van der Waals surface area (Å²) in [5, 5.41) is 7.97. The first-order valence-electron chi connectivity index (χ1n) is 3.76. The van der Waals surface area contributed by atoms with Crippen LogP contribution in [-0.2, 0) is 0 Å². The molecule has 0 aromatic rings. The molecule has 0 radical (unpaired) electrons. The van der Waals surface area contributed by atoms with Crippen molar-refractivity contribution in [1.82, 2.24) is 0 Å². The van der Waals surface area contributed by atoms with E-state index >= 15 is 0 Å². The minimum absolute atomic E-state index is 0.486. The van der Waals surface area contributed by atoms with Gasteiger partial charge in [-0.2, -0.15) is 10.2 Å². The minimum Gasteiger partial charge on any atom is -0.189 e. The van der Waals surface area contributed by atoms with Crippen molar-refractivity contribution >= 4 is 0 Å². The fraction of sp³-hybridized carbons (Fsp3) is 0.750. The van der Waals surface area contributed by atoms with Crippen LogP contribution in [0.1, 0.15) is 27.7 Å². The molecule has 0 aromatic heterocycles. The zero-order valence-corrected chi connectivity index (χ0v) is 7.26. The zero-order chi connectivity index (χ0) is 7.98. The van der Waals surface area contributed by atoms with Crippen molar-refractivity contribution in [3.8, 4) is 0 Å². The van der Waals surface area contributed by atoms with E-state index in [0.29, 0.717) is 5.92 Å². The number of hydrogen-bond donors (Lipinski definition) is 0. The van der Waals surface area contributed by atoms with Crippen LogP contribution in [0.4, 0.5) is 0 Å². The second kappa shape index (κ2) is 5.15. The van der Waals surface area contributed by atoms with Crippen LogP contribution >= 0.6 is 0 Å². The third-order valence-electron chi connectivity index (χ3n) is 1.21. The Morgan fingerprint density at radius 2 is 2.10 bits per heavy atom. The number of rotatable bonds is 3. The van der Waals surface area contributed by atoms with E-state index in [1.165, 1.54) is 0 Å². The molecule has 10 heavy (non-hydrogen) atoms. The normalized spacial score (nSPS) is 13.5. The Kier molecular flexibility index (Phi) is 4.81. The van der Waals surface area contributed by atoms with Gasteiger partial charge in [-0.15, -0.1) is 0 Å². The van der Waals surface area contributed by atoms with Gasteiger partial charge in [0.05, 0.1) is 12.2 Å². The molecule has 0 N–H and O–H groups in total. The van der Waals surface area contributed by atoms with Gasteiger partial charge in [0, 0.05) is 0 Å². The van der Waals surface area contributed by atoms with Gasteiger partial charge in [0.2, 0.25) is 0 Å². The van der Waals surface area contributed by atoms with E-state index in [0.717, 1.165) is 12.2 Å². The summed E-state index contributed by atoms with van der Waals surface area (Å²) in [5.41, 5.74) is 1.07. The van der Waals surface area contributed by atoms with Crippen molar-refractivity contribution in [3.63, 3.8) is 0 Å². The number of nitrogens with zero attached hydrogens (tertiary/aromatic N) is 2. The smallest absolute Gasteiger partial charge is 0.0609 e. The van der Waals surface area contributed by atoms with E-state index in [9.17, 15) is 0 Å². The Morgan fingerprint density at radius 1 is 1.50 bits per heavy atom. The van der Waals surface area contributed by atoms with E-state index in [-0.39, 0.29) is 0 Å². The highest BCUT2D eigenvalue weighted by Crippen LogP contribution is 2.10. The average Bonchev–Trinajstić information content (AvgIpc) is 1.89. The van der Waals surface area contributed by atoms with Crippen molar-refractivity contribution in [2.45, 2.75) is 27.7 Å². The van der Waals surface area contributed by atoms with Gasteiger partial charge < -0.3 is 0 Å². The second-order valence-corrected chi connectivity index (χ2v) is 2.43. The van der Waals surface area contributed by atoms with Crippen molar-refractivity contribution in [2.75, 3.05) is 6.54 Å². The maximum absolute atomic E-state index is 4.05. The first-order valence-corrected chi connectivity index (χ1v) is 3.76. The lowest BCUT2D eigenvalue weighted by Crippen LogP contribution is -1.88. The molecule has 0 saturated carbocycles. The van der Waals surface area contributed by atoms with Crippen LogP contribution in [0.15, 0.2) is 22.0 Å². The van der Waals surface area contributed by atoms with Gasteiger partial charge in [0.1, 0.15) is 0 Å². The van der Waals surface area contributed by atoms with Crippen LogP contribution in [0.2, 0.25) is 0 Å². The predicted octanol–water partition coefficient (Wildman–Crippen LogP) is 3.02. The van der Waals surface area contributed by atoms with E-state index in [1.807, 2.05) is 19.9 Å². The largest absolute Gasteiger partial charge is 0.189 e. The Morgan fingerprint density at radius 3 is 2.40 bits per heavy atom.